The van der Waals surface area contributed by atoms with Gasteiger partial charge in [-0.2, -0.15) is 4.98 Å². The number of oxazole rings is 1. The standard InChI is InChI=1S/C17H18ClF2N3O2/c18-12-1-2-14-13(9-12)21-16(25-14)23-6-3-11(10-23)15(24)22-7-4-17(19,20)5-8-22/h1-2,9,11H,3-8,10H2. The smallest absolute Gasteiger partial charge is 0.298 e. The summed E-state index contributed by atoms with van der Waals surface area (Å²) in [5, 5.41) is 0.587. The highest BCUT2D eigenvalue weighted by molar-refractivity contribution is 6.31. The molecule has 1 aromatic heterocycles. The molecule has 0 saturated carbocycles. The molecule has 2 saturated heterocycles. The minimum absolute atomic E-state index is 0.0443. The van der Waals surface area contributed by atoms with E-state index in [1.807, 2.05) is 4.90 Å². The Morgan fingerprint density at radius 1 is 1.28 bits per heavy atom. The van der Waals surface area contributed by atoms with Gasteiger partial charge in [0.15, 0.2) is 5.58 Å². The highest BCUT2D eigenvalue weighted by Crippen LogP contribution is 2.31. The van der Waals surface area contributed by atoms with Crippen LogP contribution in [0.4, 0.5) is 14.8 Å². The average molecular weight is 370 g/mol. The third-order valence-electron chi connectivity index (χ3n) is 4.95. The maximum atomic E-state index is 13.3. The normalized spacial score (nSPS) is 23.4. The Hall–Kier alpha value is -1.89. The fourth-order valence-electron chi connectivity index (χ4n) is 3.47. The van der Waals surface area contributed by atoms with Crippen molar-refractivity contribution in [2.24, 2.45) is 5.92 Å². The van der Waals surface area contributed by atoms with E-state index in [0.717, 1.165) is 0 Å². The van der Waals surface area contributed by atoms with Crippen molar-refractivity contribution in [3.8, 4) is 0 Å². The van der Waals surface area contributed by atoms with Crippen LogP contribution in [0.5, 0.6) is 0 Å². The van der Waals surface area contributed by atoms with E-state index in [1.54, 1.807) is 23.1 Å². The SMILES string of the molecule is O=C(C1CCN(c2nc3cc(Cl)ccc3o2)C1)N1CCC(F)(F)CC1. The van der Waals surface area contributed by atoms with Gasteiger partial charge in [-0.3, -0.25) is 4.79 Å². The number of rotatable bonds is 2. The van der Waals surface area contributed by atoms with Crippen LogP contribution in [0.25, 0.3) is 11.1 Å². The van der Waals surface area contributed by atoms with Crippen molar-refractivity contribution in [1.82, 2.24) is 9.88 Å². The molecule has 1 unspecified atom stereocenters. The van der Waals surface area contributed by atoms with Crippen LogP contribution in [0.3, 0.4) is 0 Å². The summed E-state index contributed by atoms with van der Waals surface area (Å²) in [6.07, 6.45) is 0.174. The Labute approximate surface area is 148 Å². The number of carbonyl (C=O) groups is 1. The topological polar surface area (TPSA) is 49.6 Å². The number of likely N-dealkylation sites (tertiary alicyclic amines) is 1. The lowest BCUT2D eigenvalue weighted by Gasteiger charge is -2.33. The van der Waals surface area contributed by atoms with Gasteiger partial charge in [-0.05, 0) is 24.6 Å². The van der Waals surface area contributed by atoms with E-state index in [9.17, 15) is 13.6 Å². The number of aromatic nitrogens is 1. The van der Waals surface area contributed by atoms with Crippen LogP contribution in [0.15, 0.2) is 22.6 Å². The largest absolute Gasteiger partial charge is 0.423 e. The van der Waals surface area contributed by atoms with Crippen LogP contribution < -0.4 is 4.90 Å². The summed E-state index contributed by atoms with van der Waals surface area (Å²) in [5.41, 5.74) is 1.32. The number of fused-ring (bicyclic) bond motifs is 1. The molecular weight excluding hydrogens is 352 g/mol. The molecule has 2 fully saturated rings. The summed E-state index contributed by atoms with van der Waals surface area (Å²) in [7, 11) is 0. The maximum Gasteiger partial charge on any atom is 0.298 e. The zero-order valence-electron chi connectivity index (χ0n) is 13.6. The number of piperidine rings is 1. The summed E-state index contributed by atoms with van der Waals surface area (Å²) in [6, 6.07) is 5.70. The molecule has 0 N–H and O–H groups in total. The van der Waals surface area contributed by atoms with Gasteiger partial charge >= 0.3 is 0 Å². The van der Waals surface area contributed by atoms with Crippen LogP contribution in [-0.4, -0.2) is 47.9 Å². The average Bonchev–Trinajstić information content (AvgIpc) is 3.20. The molecule has 0 aliphatic carbocycles. The third kappa shape index (κ3) is 3.29. The lowest BCUT2D eigenvalue weighted by molar-refractivity contribution is -0.140. The Kier molecular flexibility index (Phi) is 4.06. The Bertz CT molecular complexity index is 800. The first-order chi connectivity index (χ1) is 11.9. The van der Waals surface area contributed by atoms with Gasteiger partial charge in [-0.1, -0.05) is 11.6 Å². The molecule has 1 atom stereocenters. The maximum absolute atomic E-state index is 13.3. The van der Waals surface area contributed by atoms with E-state index in [4.69, 9.17) is 16.0 Å². The molecule has 3 heterocycles. The predicted octanol–water partition coefficient (Wildman–Crippen LogP) is 3.57. The van der Waals surface area contributed by atoms with Gasteiger partial charge in [-0.15, -0.1) is 0 Å². The number of benzene rings is 1. The molecule has 8 heteroatoms. The second-order valence-electron chi connectivity index (χ2n) is 6.72. The molecule has 0 spiro atoms. The van der Waals surface area contributed by atoms with Crippen molar-refractivity contribution >= 4 is 34.6 Å². The van der Waals surface area contributed by atoms with E-state index < -0.39 is 5.92 Å². The fraction of sp³-hybridized carbons (Fsp3) is 0.529. The molecule has 134 valence electrons. The first-order valence-corrected chi connectivity index (χ1v) is 8.77. The second-order valence-corrected chi connectivity index (χ2v) is 7.16. The van der Waals surface area contributed by atoms with E-state index in [1.165, 1.54) is 0 Å². The fourth-order valence-corrected chi connectivity index (χ4v) is 3.64. The minimum Gasteiger partial charge on any atom is -0.423 e. The summed E-state index contributed by atoms with van der Waals surface area (Å²) in [4.78, 5) is 20.5. The highest BCUT2D eigenvalue weighted by atomic mass is 35.5. The molecule has 25 heavy (non-hydrogen) atoms. The van der Waals surface area contributed by atoms with Gasteiger partial charge in [0.2, 0.25) is 5.91 Å². The van der Waals surface area contributed by atoms with Crippen molar-refractivity contribution in [2.45, 2.75) is 25.2 Å². The van der Waals surface area contributed by atoms with Crippen molar-refractivity contribution in [3.63, 3.8) is 0 Å². The van der Waals surface area contributed by atoms with Crippen molar-refractivity contribution in [2.75, 3.05) is 31.1 Å². The van der Waals surface area contributed by atoms with Crippen LogP contribution >= 0.6 is 11.6 Å². The van der Waals surface area contributed by atoms with Crippen LogP contribution in [0, 0.1) is 5.92 Å². The molecule has 2 aliphatic rings. The van der Waals surface area contributed by atoms with Crippen molar-refractivity contribution < 1.29 is 18.0 Å². The molecule has 2 aliphatic heterocycles. The number of hydrogen-bond acceptors (Lipinski definition) is 4. The third-order valence-corrected chi connectivity index (χ3v) is 5.19. The zero-order chi connectivity index (χ0) is 17.6. The number of amides is 1. The molecular formula is C17H18ClF2N3O2. The van der Waals surface area contributed by atoms with Crippen molar-refractivity contribution in [3.05, 3.63) is 23.2 Å². The minimum atomic E-state index is -2.64. The Balaban J connectivity index is 1.43. The van der Waals surface area contributed by atoms with Gasteiger partial charge in [-0.25, -0.2) is 8.78 Å². The number of carbonyl (C=O) groups excluding carboxylic acids is 1. The zero-order valence-corrected chi connectivity index (χ0v) is 14.3. The number of nitrogens with zero attached hydrogens (tertiary/aromatic N) is 3. The van der Waals surface area contributed by atoms with Crippen LogP contribution in [0.2, 0.25) is 5.02 Å². The molecule has 1 amide bonds. The van der Waals surface area contributed by atoms with Crippen LogP contribution in [-0.2, 0) is 4.79 Å². The first-order valence-electron chi connectivity index (χ1n) is 8.39. The van der Waals surface area contributed by atoms with Gasteiger partial charge in [0.25, 0.3) is 11.9 Å². The number of hydrogen-bond donors (Lipinski definition) is 0. The molecule has 1 aromatic carbocycles. The highest BCUT2D eigenvalue weighted by Gasteiger charge is 2.39. The summed E-state index contributed by atoms with van der Waals surface area (Å²) in [6.45, 7) is 1.40. The van der Waals surface area contributed by atoms with Crippen LogP contribution in [0.1, 0.15) is 19.3 Å². The van der Waals surface area contributed by atoms with Crippen molar-refractivity contribution in [1.29, 1.82) is 0 Å². The summed E-state index contributed by atoms with van der Waals surface area (Å²) >= 11 is 5.96. The number of alkyl halides is 2. The van der Waals surface area contributed by atoms with E-state index in [2.05, 4.69) is 4.98 Å². The molecule has 0 radical (unpaired) electrons. The monoisotopic (exact) mass is 369 g/mol. The van der Waals surface area contributed by atoms with Gasteiger partial charge in [0, 0.05) is 44.0 Å². The number of anilines is 1. The number of halogens is 3. The molecule has 2 aromatic rings. The summed E-state index contributed by atoms with van der Waals surface area (Å²) < 4.78 is 32.3. The quantitative estimate of drug-likeness (QED) is 0.812. The Morgan fingerprint density at radius 2 is 2.04 bits per heavy atom. The van der Waals surface area contributed by atoms with Gasteiger partial charge in [0.05, 0.1) is 5.92 Å². The second kappa shape index (κ2) is 6.12. The van der Waals surface area contributed by atoms with E-state index >= 15 is 0 Å². The molecule has 0 bridgehead atoms. The molecule has 5 nitrogen and oxygen atoms in total. The first kappa shape index (κ1) is 16.6. The summed E-state index contributed by atoms with van der Waals surface area (Å²) in [5.74, 6) is -2.89. The lowest BCUT2D eigenvalue weighted by atomic mass is 10.0. The van der Waals surface area contributed by atoms with Gasteiger partial charge < -0.3 is 14.2 Å². The van der Waals surface area contributed by atoms with Gasteiger partial charge in [0.1, 0.15) is 5.52 Å². The molecule has 4 rings (SSSR count). The van der Waals surface area contributed by atoms with E-state index in [-0.39, 0.29) is 37.8 Å². The predicted molar refractivity (Wildman–Crippen MR) is 90.1 cm³/mol. The van der Waals surface area contributed by atoms with E-state index in [0.29, 0.717) is 41.6 Å². The lowest BCUT2D eigenvalue weighted by Crippen LogP contribution is -2.45. The Morgan fingerprint density at radius 3 is 2.80 bits per heavy atom.